The normalized spacial score (nSPS) is 25.0. The minimum atomic E-state index is 0.298. The molecule has 0 spiro atoms. The highest BCUT2D eigenvalue weighted by molar-refractivity contribution is 7.10. The van der Waals surface area contributed by atoms with Gasteiger partial charge in [-0.15, -0.1) is 11.3 Å². The molecule has 1 aromatic carbocycles. The van der Waals surface area contributed by atoms with E-state index in [0.717, 1.165) is 38.2 Å². The molecule has 2 aromatic rings. The van der Waals surface area contributed by atoms with Gasteiger partial charge in [0.2, 0.25) is 5.91 Å². The number of carbonyl (C=O) groups is 1. The summed E-state index contributed by atoms with van der Waals surface area (Å²) in [5.41, 5.74) is 2.62. The SMILES string of the molecule is O=C(Cc1ccccc1)N1CC[C@H]2[C@H](CCCN2Cc2cc(CN3CCCC3)cs2)C1. The summed E-state index contributed by atoms with van der Waals surface area (Å²) in [6, 6.07) is 13.3. The van der Waals surface area contributed by atoms with Crippen LogP contribution >= 0.6 is 11.3 Å². The number of rotatable bonds is 6. The van der Waals surface area contributed by atoms with Crippen molar-refractivity contribution in [1.82, 2.24) is 14.7 Å². The molecule has 2 atom stereocenters. The Kier molecular flexibility index (Phi) is 6.72. The van der Waals surface area contributed by atoms with Gasteiger partial charge in [-0.3, -0.25) is 14.6 Å². The minimum absolute atomic E-state index is 0.298. The number of hydrogen-bond acceptors (Lipinski definition) is 4. The highest BCUT2D eigenvalue weighted by Crippen LogP contribution is 2.33. The van der Waals surface area contributed by atoms with Crippen molar-refractivity contribution in [2.75, 3.05) is 32.7 Å². The van der Waals surface area contributed by atoms with Gasteiger partial charge >= 0.3 is 0 Å². The number of benzene rings is 1. The number of amides is 1. The van der Waals surface area contributed by atoms with Gasteiger partial charge in [-0.05, 0) is 80.2 Å². The first-order chi connectivity index (χ1) is 15.2. The van der Waals surface area contributed by atoms with Crippen LogP contribution in [0.3, 0.4) is 0 Å². The van der Waals surface area contributed by atoms with Crippen LogP contribution in [-0.2, 0) is 24.3 Å². The molecule has 0 unspecified atom stereocenters. The van der Waals surface area contributed by atoms with Crippen LogP contribution in [0.2, 0.25) is 0 Å². The number of fused-ring (bicyclic) bond motifs is 1. The Morgan fingerprint density at radius 3 is 2.61 bits per heavy atom. The lowest BCUT2D eigenvalue weighted by atomic mass is 9.83. The Morgan fingerprint density at radius 1 is 0.935 bits per heavy atom. The van der Waals surface area contributed by atoms with Crippen molar-refractivity contribution in [1.29, 1.82) is 0 Å². The average molecular weight is 438 g/mol. The standard InChI is InChI=1S/C26H35N3OS/c30-26(16-21-7-2-1-3-8-21)29-14-10-25-23(18-29)9-6-13-28(25)19-24-15-22(20-31-24)17-27-11-4-5-12-27/h1-3,7-8,15,20,23,25H,4-6,9-14,16-19H2/t23-,25+/m1/s1. The second-order valence-corrected chi connectivity index (χ2v) is 10.6. The number of hydrogen-bond donors (Lipinski definition) is 0. The van der Waals surface area contributed by atoms with E-state index in [9.17, 15) is 4.79 Å². The lowest BCUT2D eigenvalue weighted by Gasteiger charge is -2.47. The zero-order chi connectivity index (χ0) is 21.0. The molecule has 3 aliphatic rings. The van der Waals surface area contributed by atoms with Crippen LogP contribution in [0, 0.1) is 5.92 Å². The fourth-order valence-corrected chi connectivity index (χ4v) is 6.71. The maximum absolute atomic E-state index is 12.9. The van der Waals surface area contributed by atoms with Gasteiger partial charge in [0.25, 0.3) is 0 Å². The second kappa shape index (κ2) is 9.85. The minimum Gasteiger partial charge on any atom is -0.342 e. The first-order valence-electron chi connectivity index (χ1n) is 12.1. The third-order valence-corrected chi connectivity index (χ3v) is 8.38. The van der Waals surface area contributed by atoms with Crippen molar-refractivity contribution in [3.63, 3.8) is 0 Å². The summed E-state index contributed by atoms with van der Waals surface area (Å²) < 4.78 is 0. The first kappa shape index (κ1) is 21.2. The van der Waals surface area contributed by atoms with Gasteiger partial charge in [0, 0.05) is 37.1 Å². The van der Waals surface area contributed by atoms with Crippen LogP contribution in [0.5, 0.6) is 0 Å². The molecular formula is C26H35N3OS. The van der Waals surface area contributed by atoms with E-state index in [4.69, 9.17) is 0 Å². The van der Waals surface area contributed by atoms with Crippen LogP contribution in [0.25, 0.3) is 0 Å². The van der Waals surface area contributed by atoms with Crippen molar-refractivity contribution in [2.45, 2.75) is 57.7 Å². The van der Waals surface area contributed by atoms with Crippen molar-refractivity contribution < 1.29 is 4.79 Å². The molecule has 0 aliphatic carbocycles. The third-order valence-electron chi connectivity index (χ3n) is 7.41. The number of nitrogens with zero attached hydrogens (tertiary/aromatic N) is 3. The summed E-state index contributed by atoms with van der Waals surface area (Å²) in [5, 5.41) is 2.37. The first-order valence-corrected chi connectivity index (χ1v) is 13.0. The number of piperidine rings is 2. The quantitative estimate of drug-likeness (QED) is 0.670. The molecule has 0 bridgehead atoms. The van der Waals surface area contributed by atoms with E-state index in [0.29, 0.717) is 24.3 Å². The monoisotopic (exact) mass is 437 g/mol. The van der Waals surface area contributed by atoms with Gasteiger partial charge in [-0.1, -0.05) is 30.3 Å². The van der Waals surface area contributed by atoms with E-state index in [-0.39, 0.29) is 0 Å². The van der Waals surface area contributed by atoms with Gasteiger partial charge in [0.05, 0.1) is 6.42 Å². The fraction of sp³-hybridized carbons (Fsp3) is 0.577. The number of carbonyl (C=O) groups excluding carboxylic acids is 1. The Bertz CT molecular complexity index is 861. The molecule has 3 aliphatic heterocycles. The van der Waals surface area contributed by atoms with Crippen LogP contribution in [0.1, 0.15) is 48.1 Å². The summed E-state index contributed by atoms with van der Waals surface area (Å²) in [5.74, 6) is 0.929. The zero-order valence-electron chi connectivity index (χ0n) is 18.5. The Labute approximate surface area is 190 Å². The Hall–Kier alpha value is -1.69. The lowest BCUT2D eigenvalue weighted by molar-refractivity contribution is -0.134. The predicted octanol–water partition coefficient (Wildman–Crippen LogP) is 4.40. The van der Waals surface area contributed by atoms with Crippen LogP contribution in [-0.4, -0.2) is 59.4 Å². The van der Waals surface area contributed by atoms with Crippen LogP contribution in [0.4, 0.5) is 0 Å². The van der Waals surface area contributed by atoms with E-state index < -0.39 is 0 Å². The van der Waals surface area contributed by atoms with Crippen molar-refractivity contribution in [3.05, 3.63) is 57.8 Å². The molecule has 5 heteroatoms. The molecule has 0 N–H and O–H groups in total. The molecule has 3 fully saturated rings. The highest BCUT2D eigenvalue weighted by atomic mass is 32.1. The summed E-state index contributed by atoms with van der Waals surface area (Å²) in [6.45, 7) is 7.80. The largest absolute Gasteiger partial charge is 0.342 e. The smallest absolute Gasteiger partial charge is 0.227 e. The van der Waals surface area contributed by atoms with E-state index >= 15 is 0 Å². The molecule has 31 heavy (non-hydrogen) atoms. The second-order valence-electron chi connectivity index (χ2n) is 9.64. The van der Waals surface area contributed by atoms with Crippen molar-refractivity contribution in [2.24, 2.45) is 5.92 Å². The summed E-state index contributed by atoms with van der Waals surface area (Å²) >= 11 is 1.94. The molecule has 4 heterocycles. The molecule has 0 saturated carbocycles. The summed E-state index contributed by atoms with van der Waals surface area (Å²) in [4.78, 5) is 21.8. The van der Waals surface area contributed by atoms with Crippen molar-refractivity contribution in [3.8, 4) is 0 Å². The van der Waals surface area contributed by atoms with Crippen LogP contribution in [0.15, 0.2) is 41.8 Å². The topological polar surface area (TPSA) is 26.8 Å². The molecule has 4 nitrogen and oxygen atoms in total. The summed E-state index contributed by atoms with van der Waals surface area (Å²) in [7, 11) is 0. The number of likely N-dealkylation sites (tertiary alicyclic amines) is 3. The maximum atomic E-state index is 12.9. The highest BCUT2D eigenvalue weighted by Gasteiger charge is 2.37. The van der Waals surface area contributed by atoms with Gasteiger partial charge in [-0.25, -0.2) is 0 Å². The molecule has 5 rings (SSSR count). The Balaban J connectivity index is 1.16. The molecule has 3 saturated heterocycles. The molecule has 1 aromatic heterocycles. The van der Waals surface area contributed by atoms with E-state index in [1.165, 1.54) is 55.8 Å². The van der Waals surface area contributed by atoms with Crippen LogP contribution < -0.4 is 0 Å². The average Bonchev–Trinajstić information content (AvgIpc) is 3.47. The predicted molar refractivity (Wildman–Crippen MR) is 127 cm³/mol. The summed E-state index contributed by atoms with van der Waals surface area (Å²) in [6.07, 6.45) is 6.90. The van der Waals surface area contributed by atoms with E-state index in [2.05, 4.69) is 38.3 Å². The Morgan fingerprint density at radius 2 is 1.77 bits per heavy atom. The molecular weight excluding hydrogens is 402 g/mol. The molecule has 166 valence electrons. The van der Waals surface area contributed by atoms with Crippen molar-refractivity contribution >= 4 is 17.2 Å². The van der Waals surface area contributed by atoms with Gasteiger partial charge in [-0.2, -0.15) is 0 Å². The number of thiophene rings is 1. The van der Waals surface area contributed by atoms with Gasteiger partial charge in [0.15, 0.2) is 0 Å². The molecule has 1 amide bonds. The van der Waals surface area contributed by atoms with E-state index in [1.54, 1.807) is 0 Å². The molecule has 0 radical (unpaired) electrons. The fourth-order valence-electron chi connectivity index (χ4n) is 5.80. The van der Waals surface area contributed by atoms with E-state index in [1.807, 2.05) is 29.5 Å². The lowest BCUT2D eigenvalue weighted by Crippen LogP contribution is -2.55. The zero-order valence-corrected chi connectivity index (χ0v) is 19.4. The third kappa shape index (κ3) is 5.21. The maximum Gasteiger partial charge on any atom is 0.227 e. The van der Waals surface area contributed by atoms with Gasteiger partial charge < -0.3 is 4.90 Å². The van der Waals surface area contributed by atoms with Gasteiger partial charge in [0.1, 0.15) is 0 Å².